The maximum atomic E-state index is 5.00. The molecule has 0 aliphatic rings. The third-order valence-corrected chi connectivity index (χ3v) is 1.85. The van der Waals surface area contributed by atoms with E-state index in [0.29, 0.717) is 18.4 Å². The molecule has 0 bridgehead atoms. The van der Waals surface area contributed by atoms with Gasteiger partial charge >= 0.3 is 0 Å². The normalized spacial score (nSPS) is 9.38. The Bertz CT molecular complexity index is 303. The Morgan fingerprint density at radius 1 is 1.77 bits per heavy atom. The number of ether oxygens (including phenoxy) is 1. The number of anilines is 1. The highest BCUT2D eigenvalue weighted by Gasteiger charge is 2.03. The molecule has 70 valence electrons. The average Bonchev–Trinajstić information content (AvgIpc) is 2.16. The van der Waals surface area contributed by atoms with Crippen LogP contribution in [0.3, 0.4) is 0 Å². The molecular formula is C8H10BrN3O. The number of methoxy groups -OCH3 is 1. The molecule has 0 aromatic carbocycles. The molecule has 0 aliphatic carbocycles. The zero-order chi connectivity index (χ0) is 9.68. The van der Waals surface area contributed by atoms with E-state index in [9.17, 15) is 0 Å². The van der Waals surface area contributed by atoms with Crippen molar-refractivity contribution in [3.05, 3.63) is 23.3 Å². The van der Waals surface area contributed by atoms with Crippen LogP contribution in [-0.2, 0) is 0 Å². The van der Waals surface area contributed by atoms with E-state index in [-0.39, 0.29) is 0 Å². The standard InChI is InChI=1S/C8H10BrN3O/c1-3-4-10-8-11-5-6(9)7(12-8)13-2/h3,5H,1,4H2,2H3,(H,10,11,12). The predicted molar refractivity (Wildman–Crippen MR) is 55.0 cm³/mol. The van der Waals surface area contributed by atoms with E-state index in [1.807, 2.05) is 0 Å². The molecule has 1 aromatic heterocycles. The minimum Gasteiger partial charge on any atom is -0.480 e. The molecule has 0 aliphatic heterocycles. The Kier molecular flexibility index (Phi) is 3.70. The van der Waals surface area contributed by atoms with E-state index in [0.717, 1.165) is 4.47 Å². The second kappa shape index (κ2) is 4.81. The van der Waals surface area contributed by atoms with Crippen molar-refractivity contribution in [1.82, 2.24) is 9.97 Å². The predicted octanol–water partition coefficient (Wildman–Crippen LogP) is 1.85. The van der Waals surface area contributed by atoms with E-state index < -0.39 is 0 Å². The Hall–Kier alpha value is -1.10. The second-order valence-corrected chi connectivity index (χ2v) is 3.07. The number of hydrogen-bond acceptors (Lipinski definition) is 4. The average molecular weight is 244 g/mol. The summed E-state index contributed by atoms with van der Waals surface area (Å²) in [4.78, 5) is 8.12. The van der Waals surface area contributed by atoms with Crippen molar-refractivity contribution in [2.24, 2.45) is 0 Å². The molecule has 0 radical (unpaired) electrons. The minimum atomic E-state index is 0.515. The lowest BCUT2D eigenvalue weighted by Crippen LogP contribution is -2.03. The summed E-state index contributed by atoms with van der Waals surface area (Å²) in [6, 6.07) is 0. The maximum absolute atomic E-state index is 5.00. The van der Waals surface area contributed by atoms with E-state index in [2.05, 4.69) is 37.8 Å². The molecule has 0 unspecified atom stereocenters. The summed E-state index contributed by atoms with van der Waals surface area (Å²) in [5, 5.41) is 2.96. The lowest BCUT2D eigenvalue weighted by molar-refractivity contribution is 0.394. The SMILES string of the molecule is C=CCNc1ncc(Br)c(OC)n1. The zero-order valence-corrected chi connectivity index (χ0v) is 8.84. The van der Waals surface area contributed by atoms with Crippen molar-refractivity contribution in [1.29, 1.82) is 0 Å². The number of halogens is 1. The summed E-state index contributed by atoms with van der Waals surface area (Å²) in [5.41, 5.74) is 0. The quantitative estimate of drug-likeness (QED) is 0.821. The molecule has 0 fully saturated rings. The van der Waals surface area contributed by atoms with Crippen LogP contribution in [0.4, 0.5) is 5.95 Å². The highest BCUT2D eigenvalue weighted by molar-refractivity contribution is 9.10. The van der Waals surface area contributed by atoms with Gasteiger partial charge in [-0.3, -0.25) is 0 Å². The number of nitrogens with one attached hydrogen (secondary N) is 1. The summed E-state index contributed by atoms with van der Waals surface area (Å²) in [5.74, 6) is 1.04. The van der Waals surface area contributed by atoms with Crippen LogP contribution in [0, 0.1) is 0 Å². The molecule has 5 heteroatoms. The van der Waals surface area contributed by atoms with E-state index in [4.69, 9.17) is 4.74 Å². The molecule has 13 heavy (non-hydrogen) atoms. The fourth-order valence-electron chi connectivity index (χ4n) is 0.743. The van der Waals surface area contributed by atoms with Crippen LogP contribution >= 0.6 is 15.9 Å². The molecule has 0 saturated carbocycles. The van der Waals surface area contributed by atoms with Gasteiger partial charge in [0.1, 0.15) is 0 Å². The van der Waals surface area contributed by atoms with Gasteiger partial charge in [0.15, 0.2) is 0 Å². The van der Waals surface area contributed by atoms with Crippen LogP contribution in [0.25, 0.3) is 0 Å². The van der Waals surface area contributed by atoms with Gasteiger partial charge in [-0.2, -0.15) is 4.98 Å². The summed E-state index contributed by atoms with van der Waals surface area (Å²) in [6.45, 7) is 4.21. The molecule has 0 saturated heterocycles. The van der Waals surface area contributed by atoms with E-state index in [1.165, 1.54) is 0 Å². The van der Waals surface area contributed by atoms with Gasteiger partial charge in [0.05, 0.1) is 17.8 Å². The summed E-state index contributed by atoms with van der Waals surface area (Å²) >= 11 is 3.26. The second-order valence-electron chi connectivity index (χ2n) is 2.22. The number of rotatable bonds is 4. The molecule has 1 heterocycles. The topological polar surface area (TPSA) is 47.0 Å². The first-order chi connectivity index (χ1) is 6.27. The highest BCUT2D eigenvalue weighted by Crippen LogP contribution is 2.21. The molecule has 0 spiro atoms. The molecule has 4 nitrogen and oxygen atoms in total. The van der Waals surface area contributed by atoms with E-state index in [1.54, 1.807) is 19.4 Å². The van der Waals surface area contributed by atoms with Crippen LogP contribution in [0.2, 0.25) is 0 Å². The first-order valence-corrected chi connectivity index (χ1v) is 4.48. The van der Waals surface area contributed by atoms with Crippen molar-refractivity contribution < 1.29 is 4.74 Å². The fourth-order valence-corrected chi connectivity index (χ4v) is 1.10. The van der Waals surface area contributed by atoms with Gasteiger partial charge in [-0.25, -0.2) is 4.98 Å². The Morgan fingerprint density at radius 3 is 3.15 bits per heavy atom. The number of aromatic nitrogens is 2. The first-order valence-electron chi connectivity index (χ1n) is 3.69. The zero-order valence-electron chi connectivity index (χ0n) is 7.25. The van der Waals surface area contributed by atoms with Crippen molar-refractivity contribution in [2.45, 2.75) is 0 Å². The largest absolute Gasteiger partial charge is 0.480 e. The Balaban J connectivity index is 2.79. The molecule has 1 N–H and O–H groups in total. The van der Waals surface area contributed by atoms with E-state index >= 15 is 0 Å². The third-order valence-electron chi connectivity index (χ3n) is 1.31. The lowest BCUT2D eigenvalue weighted by atomic mass is 10.6. The monoisotopic (exact) mass is 243 g/mol. The van der Waals surface area contributed by atoms with Gasteiger partial charge in [0, 0.05) is 6.54 Å². The summed E-state index contributed by atoms with van der Waals surface area (Å²) in [7, 11) is 1.56. The molecule has 1 aromatic rings. The molecule has 0 amide bonds. The highest BCUT2D eigenvalue weighted by atomic mass is 79.9. The lowest BCUT2D eigenvalue weighted by Gasteiger charge is -2.04. The summed E-state index contributed by atoms with van der Waals surface area (Å²) in [6.07, 6.45) is 3.37. The molecule has 1 rings (SSSR count). The summed E-state index contributed by atoms with van der Waals surface area (Å²) < 4.78 is 5.74. The fraction of sp³-hybridized carbons (Fsp3) is 0.250. The van der Waals surface area contributed by atoms with Gasteiger partial charge < -0.3 is 10.1 Å². The van der Waals surface area contributed by atoms with Crippen LogP contribution in [-0.4, -0.2) is 23.6 Å². The van der Waals surface area contributed by atoms with Gasteiger partial charge in [0.2, 0.25) is 11.8 Å². The number of hydrogen-bond donors (Lipinski definition) is 1. The third kappa shape index (κ3) is 2.69. The minimum absolute atomic E-state index is 0.515. The van der Waals surface area contributed by atoms with Crippen LogP contribution in [0.1, 0.15) is 0 Å². The number of nitrogens with zero attached hydrogens (tertiary/aromatic N) is 2. The van der Waals surface area contributed by atoms with Crippen molar-refractivity contribution in [2.75, 3.05) is 19.0 Å². The van der Waals surface area contributed by atoms with Gasteiger partial charge in [0.25, 0.3) is 0 Å². The van der Waals surface area contributed by atoms with Crippen LogP contribution < -0.4 is 10.1 Å². The van der Waals surface area contributed by atoms with Crippen molar-refractivity contribution in [3.8, 4) is 5.88 Å². The molecule has 0 atom stereocenters. The van der Waals surface area contributed by atoms with Gasteiger partial charge in [-0.15, -0.1) is 6.58 Å². The van der Waals surface area contributed by atoms with Gasteiger partial charge in [-0.05, 0) is 15.9 Å². The maximum Gasteiger partial charge on any atom is 0.232 e. The Labute approximate surface area is 85.2 Å². The van der Waals surface area contributed by atoms with Gasteiger partial charge in [-0.1, -0.05) is 6.08 Å². The smallest absolute Gasteiger partial charge is 0.232 e. The first kappa shape index (κ1) is 9.98. The molecular weight excluding hydrogens is 234 g/mol. The van der Waals surface area contributed by atoms with Crippen LogP contribution in [0.15, 0.2) is 23.3 Å². The van der Waals surface area contributed by atoms with Crippen molar-refractivity contribution >= 4 is 21.9 Å². The van der Waals surface area contributed by atoms with Crippen molar-refractivity contribution in [3.63, 3.8) is 0 Å². The Morgan fingerprint density at radius 2 is 2.54 bits per heavy atom. The van der Waals surface area contributed by atoms with Crippen LogP contribution in [0.5, 0.6) is 5.88 Å².